The molecule has 2 rings (SSSR count). The lowest BCUT2D eigenvalue weighted by atomic mass is 10.2. The molecule has 7 heteroatoms. The lowest BCUT2D eigenvalue weighted by Gasteiger charge is -2.07. The monoisotopic (exact) mass is 314 g/mol. The number of ether oxygens (including phenoxy) is 1. The van der Waals surface area contributed by atoms with Gasteiger partial charge in [0.25, 0.3) is 5.91 Å². The fourth-order valence-electron chi connectivity index (χ4n) is 1.78. The second kappa shape index (κ2) is 7.88. The summed E-state index contributed by atoms with van der Waals surface area (Å²) in [5, 5.41) is 5.75. The molecular formula is C16H18N4O3. The summed E-state index contributed by atoms with van der Waals surface area (Å²) in [6.07, 6.45) is 3.89. The third-order valence-electron chi connectivity index (χ3n) is 3.01. The average molecular weight is 314 g/mol. The molecule has 0 bridgehead atoms. The van der Waals surface area contributed by atoms with E-state index in [0.29, 0.717) is 22.8 Å². The van der Waals surface area contributed by atoms with E-state index in [4.69, 9.17) is 0 Å². The number of anilines is 2. The first-order valence-corrected chi connectivity index (χ1v) is 7.19. The Labute approximate surface area is 134 Å². The Bertz CT molecular complexity index is 669. The Morgan fingerprint density at radius 3 is 2.30 bits per heavy atom. The van der Waals surface area contributed by atoms with E-state index in [1.165, 1.54) is 19.5 Å². The van der Waals surface area contributed by atoms with Crippen LogP contribution in [-0.2, 0) is 4.74 Å². The summed E-state index contributed by atoms with van der Waals surface area (Å²) in [5.74, 6) is -0.255. The minimum Gasteiger partial charge on any atom is -0.465 e. The number of benzene rings is 1. The van der Waals surface area contributed by atoms with Crippen molar-refractivity contribution in [2.45, 2.75) is 13.3 Å². The summed E-state index contributed by atoms with van der Waals surface area (Å²) >= 11 is 0. The van der Waals surface area contributed by atoms with Crippen molar-refractivity contribution in [3.63, 3.8) is 0 Å². The zero-order valence-electron chi connectivity index (χ0n) is 13.0. The molecule has 2 aromatic rings. The van der Waals surface area contributed by atoms with Crippen LogP contribution in [0.4, 0.5) is 11.6 Å². The molecule has 0 unspecified atom stereocenters. The molecule has 0 atom stereocenters. The number of carbonyl (C=O) groups excluding carboxylic acids is 2. The van der Waals surface area contributed by atoms with Crippen molar-refractivity contribution >= 4 is 23.5 Å². The molecule has 0 spiro atoms. The fraction of sp³-hybridized carbons (Fsp3) is 0.250. The zero-order chi connectivity index (χ0) is 16.7. The van der Waals surface area contributed by atoms with Gasteiger partial charge in [0.05, 0.1) is 18.2 Å². The van der Waals surface area contributed by atoms with Gasteiger partial charge in [0.15, 0.2) is 0 Å². The standard InChI is InChI=1S/C16H18N4O3/c1-3-8-17-16-18-9-12(10-19-16)14(21)20-13-6-4-11(5-7-13)15(22)23-2/h4-7,9-10H,3,8H2,1-2H3,(H,20,21)(H,17,18,19). The van der Waals surface area contributed by atoms with Gasteiger partial charge in [0.1, 0.15) is 0 Å². The molecule has 0 fully saturated rings. The minimum absolute atomic E-state index is 0.321. The van der Waals surface area contributed by atoms with Crippen LogP contribution in [0.5, 0.6) is 0 Å². The third-order valence-corrected chi connectivity index (χ3v) is 3.01. The molecule has 0 saturated carbocycles. The minimum atomic E-state index is -0.425. The van der Waals surface area contributed by atoms with Gasteiger partial charge in [-0.25, -0.2) is 14.8 Å². The molecule has 7 nitrogen and oxygen atoms in total. The van der Waals surface area contributed by atoms with Gasteiger partial charge in [-0.2, -0.15) is 0 Å². The maximum absolute atomic E-state index is 12.1. The molecule has 23 heavy (non-hydrogen) atoms. The number of aromatic nitrogens is 2. The van der Waals surface area contributed by atoms with Gasteiger partial charge in [-0.3, -0.25) is 4.79 Å². The molecule has 0 saturated heterocycles. The summed E-state index contributed by atoms with van der Waals surface area (Å²) in [4.78, 5) is 31.6. The molecule has 0 radical (unpaired) electrons. The van der Waals surface area contributed by atoms with Crippen molar-refractivity contribution in [2.24, 2.45) is 0 Å². The molecule has 2 N–H and O–H groups in total. The molecular weight excluding hydrogens is 296 g/mol. The van der Waals surface area contributed by atoms with Gasteiger partial charge in [0, 0.05) is 24.6 Å². The van der Waals surface area contributed by atoms with Gasteiger partial charge in [-0.15, -0.1) is 0 Å². The second-order valence-corrected chi connectivity index (χ2v) is 4.75. The van der Waals surface area contributed by atoms with E-state index in [1.54, 1.807) is 24.3 Å². The van der Waals surface area contributed by atoms with Crippen LogP contribution < -0.4 is 10.6 Å². The summed E-state index contributed by atoms with van der Waals surface area (Å²) in [5.41, 5.74) is 1.33. The molecule has 120 valence electrons. The second-order valence-electron chi connectivity index (χ2n) is 4.75. The van der Waals surface area contributed by atoms with Crippen LogP contribution in [0.15, 0.2) is 36.7 Å². The van der Waals surface area contributed by atoms with Crippen LogP contribution in [0.3, 0.4) is 0 Å². The average Bonchev–Trinajstić information content (AvgIpc) is 2.60. The number of carbonyl (C=O) groups is 2. The maximum atomic E-state index is 12.1. The van der Waals surface area contributed by atoms with Crippen LogP contribution in [0.1, 0.15) is 34.1 Å². The molecule has 1 amide bonds. The Morgan fingerprint density at radius 1 is 1.09 bits per heavy atom. The van der Waals surface area contributed by atoms with Crippen LogP contribution in [-0.4, -0.2) is 35.5 Å². The van der Waals surface area contributed by atoms with Gasteiger partial charge in [0.2, 0.25) is 5.95 Å². The van der Waals surface area contributed by atoms with E-state index in [9.17, 15) is 9.59 Å². The first kappa shape index (κ1) is 16.4. The Hall–Kier alpha value is -2.96. The van der Waals surface area contributed by atoms with E-state index >= 15 is 0 Å². The fourth-order valence-corrected chi connectivity index (χ4v) is 1.78. The first-order chi connectivity index (χ1) is 11.1. The number of esters is 1. The number of methoxy groups -OCH3 is 1. The predicted molar refractivity (Wildman–Crippen MR) is 86.5 cm³/mol. The van der Waals surface area contributed by atoms with Crippen LogP contribution >= 0.6 is 0 Å². The molecule has 0 aliphatic carbocycles. The molecule has 1 aromatic heterocycles. The highest BCUT2D eigenvalue weighted by Crippen LogP contribution is 2.12. The predicted octanol–water partition coefficient (Wildman–Crippen LogP) is 2.34. The van der Waals surface area contributed by atoms with Gasteiger partial charge in [-0.05, 0) is 30.7 Å². The summed E-state index contributed by atoms with van der Waals surface area (Å²) in [6, 6.07) is 6.41. The SMILES string of the molecule is CCCNc1ncc(C(=O)Nc2ccc(C(=O)OC)cc2)cn1. The normalized spacial score (nSPS) is 10.0. The van der Waals surface area contributed by atoms with Crippen LogP contribution in [0, 0.1) is 0 Å². The number of hydrogen-bond acceptors (Lipinski definition) is 6. The highest BCUT2D eigenvalue weighted by molar-refractivity contribution is 6.04. The summed E-state index contributed by atoms with van der Waals surface area (Å²) in [6.45, 7) is 2.82. The first-order valence-electron chi connectivity index (χ1n) is 7.19. The number of nitrogens with one attached hydrogen (secondary N) is 2. The largest absolute Gasteiger partial charge is 0.465 e. The van der Waals surface area contributed by atoms with E-state index in [1.807, 2.05) is 6.92 Å². The maximum Gasteiger partial charge on any atom is 0.337 e. The smallest absolute Gasteiger partial charge is 0.337 e. The number of rotatable bonds is 6. The van der Waals surface area contributed by atoms with Crippen LogP contribution in [0.25, 0.3) is 0 Å². The number of nitrogens with zero attached hydrogens (tertiary/aromatic N) is 2. The Kier molecular flexibility index (Phi) is 5.62. The zero-order valence-corrected chi connectivity index (χ0v) is 13.0. The summed E-state index contributed by atoms with van der Waals surface area (Å²) in [7, 11) is 1.32. The van der Waals surface area contributed by atoms with Crippen molar-refractivity contribution in [3.8, 4) is 0 Å². The quantitative estimate of drug-likeness (QED) is 0.795. The lowest BCUT2D eigenvalue weighted by Crippen LogP contribution is -2.13. The third kappa shape index (κ3) is 4.50. The highest BCUT2D eigenvalue weighted by atomic mass is 16.5. The number of amides is 1. The van der Waals surface area contributed by atoms with Crippen molar-refractivity contribution in [1.82, 2.24) is 9.97 Å². The molecule has 0 aliphatic heterocycles. The Balaban J connectivity index is 1.99. The Morgan fingerprint density at radius 2 is 1.74 bits per heavy atom. The van der Waals surface area contributed by atoms with E-state index in [2.05, 4.69) is 25.3 Å². The van der Waals surface area contributed by atoms with Crippen molar-refractivity contribution < 1.29 is 14.3 Å². The van der Waals surface area contributed by atoms with Crippen LogP contribution in [0.2, 0.25) is 0 Å². The topological polar surface area (TPSA) is 93.2 Å². The summed E-state index contributed by atoms with van der Waals surface area (Å²) < 4.78 is 4.62. The molecule has 1 aromatic carbocycles. The van der Waals surface area contributed by atoms with E-state index in [-0.39, 0.29) is 5.91 Å². The van der Waals surface area contributed by atoms with Crippen molar-refractivity contribution in [3.05, 3.63) is 47.8 Å². The lowest BCUT2D eigenvalue weighted by molar-refractivity contribution is 0.0600. The van der Waals surface area contributed by atoms with Crippen molar-refractivity contribution in [1.29, 1.82) is 0 Å². The van der Waals surface area contributed by atoms with E-state index < -0.39 is 5.97 Å². The van der Waals surface area contributed by atoms with Gasteiger partial charge < -0.3 is 15.4 Å². The van der Waals surface area contributed by atoms with Crippen molar-refractivity contribution in [2.75, 3.05) is 24.3 Å². The van der Waals surface area contributed by atoms with E-state index in [0.717, 1.165) is 13.0 Å². The molecule has 0 aliphatic rings. The van der Waals surface area contributed by atoms with Gasteiger partial charge >= 0.3 is 5.97 Å². The highest BCUT2D eigenvalue weighted by Gasteiger charge is 2.09. The van der Waals surface area contributed by atoms with Gasteiger partial charge in [-0.1, -0.05) is 6.92 Å². The molecule has 1 heterocycles. The number of hydrogen-bond donors (Lipinski definition) is 2.